The number of Topliss-reactive ketones (excluding diaryl/α,β-unsaturated/α-hetero) is 1. The van der Waals surface area contributed by atoms with Gasteiger partial charge in [0.1, 0.15) is 11.5 Å². The van der Waals surface area contributed by atoms with Crippen molar-refractivity contribution in [1.82, 2.24) is 0 Å². The average Bonchev–Trinajstić information content (AvgIpc) is 3.08. The summed E-state index contributed by atoms with van der Waals surface area (Å²) >= 11 is 6.05. The smallest absolute Gasteiger partial charge is 0.300 e. The van der Waals surface area contributed by atoms with E-state index >= 15 is 0 Å². The molecule has 4 rings (SSSR count). The van der Waals surface area contributed by atoms with Crippen molar-refractivity contribution in [1.29, 1.82) is 0 Å². The fraction of sp³-hybridized carbons (Fsp3) is 0.0833. The Labute approximate surface area is 200 Å². The van der Waals surface area contributed by atoms with E-state index in [0.29, 0.717) is 16.3 Å². The van der Waals surface area contributed by atoms with Gasteiger partial charge in [-0.2, -0.15) is 0 Å². The van der Waals surface area contributed by atoms with Crippen molar-refractivity contribution in [3.05, 3.63) is 94.5 Å². The third-order valence-electron chi connectivity index (χ3n) is 5.42. The van der Waals surface area contributed by atoms with Crippen LogP contribution in [0.25, 0.3) is 5.76 Å². The number of sulfonamides is 1. The molecule has 34 heavy (non-hydrogen) atoms. The number of nitrogens with zero attached hydrogens (tertiary/aromatic N) is 1. The van der Waals surface area contributed by atoms with E-state index < -0.39 is 27.8 Å². The molecule has 3 aromatic carbocycles. The standard InChI is InChI=1S/C24H19ClN2O6S/c1-33-18-9-5-14(6-10-18)21-20(22(28)15-3-2-4-16(25)13-15)23(29)24(30)27(21)17-7-11-19(12-8-17)34(26,31)32/h2-13,21,28H,1H3,(H2,26,31,32)/b22-20+. The van der Waals surface area contributed by atoms with Crippen molar-refractivity contribution in [2.75, 3.05) is 12.0 Å². The molecule has 1 fully saturated rings. The first-order chi connectivity index (χ1) is 16.1. The first-order valence-electron chi connectivity index (χ1n) is 9.95. The second-order valence-corrected chi connectivity index (χ2v) is 9.49. The molecule has 1 atom stereocenters. The van der Waals surface area contributed by atoms with Crippen molar-refractivity contribution in [3.63, 3.8) is 0 Å². The zero-order valence-electron chi connectivity index (χ0n) is 17.8. The van der Waals surface area contributed by atoms with Crippen molar-refractivity contribution in [2.24, 2.45) is 5.14 Å². The normalized spacial score (nSPS) is 17.7. The number of primary sulfonamides is 1. The fourth-order valence-corrected chi connectivity index (χ4v) is 4.49. The van der Waals surface area contributed by atoms with Gasteiger partial charge in [0.25, 0.3) is 11.7 Å². The number of hydrogen-bond donors (Lipinski definition) is 2. The summed E-state index contributed by atoms with van der Waals surface area (Å²) in [5.41, 5.74) is 0.918. The van der Waals surface area contributed by atoms with E-state index in [2.05, 4.69) is 0 Å². The van der Waals surface area contributed by atoms with Gasteiger partial charge in [-0.05, 0) is 54.1 Å². The van der Waals surface area contributed by atoms with Crippen LogP contribution in [0.4, 0.5) is 5.69 Å². The molecule has 1 aliphatic rings. The average molecular weight is 499 g/mol. The SMILES string of the molecule is COc1ccc(C2/C(=C(\O)c3cccc(Cl)c3)C(=O)C(=O)N2c2ccc(S(N)(=O)=O)cc2)cc1. The zero-order chi connectivity index (χ0) is 24.6. The Balaban J connectivity index is 1.92. The number of aliphatic hydroxyl groups is 1. The first-order valence-corrected chi connectivity index (χ1v) is 11.9. The molecular weight excluding hydrogens is 480 g/mol. The van der Waals surface area contributed by atoms with Crippen LogP contribution < -0.4 is 14.8 Å². The summed E-state index contributed by atoms with van der Waals surface area (Å²) in [7, 11) is -2.44. The summed E-state index contributed by atoms with van der Waals surface area (Å²) in [5, 5.41) is 16.6. The maximum atomic E-state index is 13.1. The highest BCUT2D eigenvalue weighted by Crippen LogP contribution is 2.42. The van der Waals surface area contributed by atoms with Gasteiger partial charge < -0.3 is 9.84 Å². The topological polar surface area (TPSA) is 127 Å². The number of benzene rings is 3. The quantitative estimate of drug-likeness (QED) is 0.314. The third kappa shape index (κ3) is 4.28. The monoisotopic (exact) mass is 498 g/mol. The van der Waals surface area contributed by atoms with Crippen molar-refractivity contribution in [3.8, 4) is 5.75 Å². The number of methoxy groups -OCH3 is 1. The number of carbonyl (C=O) groups excluding carboxylic acids is 2. The second-order valence-electron chi connectivity index (χ2n) is 7.49. The van der Waals surface area contributed by atoms with Crippen LogP contribution >= 0.6 is 11.6 Å². The van der Waals surface area contributed by atoms with E-state index in [1.54, 1.807) is 42.5 Å². The summed E-state index contributed by atoms with van der Waals surface area (Å²) < 4.78 is 28.5. The molecule has 0 aromatic heterocycles. The molecule has 1 unspecified atom stereocenters. The van der Waals surface area contributed by atoms with E-state index in [4.69, 9.17) is 21.5 Å². The minimum atomic E-state index is -3.95. The maximum Gasteiger partial charge on any atom is 0.300 e. The molecule has 1 aliphatic heterocycles. The predicted molar refractivity (Wildman–Crippen MR) is 127 cm³/mol. The van der Waals surface area contributed by atoms with E-state index in [0.717, 1.165) is 0 Å². The van der Waals surface area contributed by atoms with Gasteiger partial charge >= 0.3 is 0 Å². The van der Waals surface area contributed by atoms with E-state index in [9.17, 15) is 23.1 Å². The lowest BCUT2D eigenvalue weighted by Gasteiger charge is -2.25. The number of amides is 1. The fourth-order valence-electron chi connectivity index (χ4n) is 3.79. The van der Waals surface area contributed by atoms with Gasteiger partial charge in [-0.15, -0.1) is 0 Å². The molecule has 0 saturated carbocycles. The van der Waals surface area contributed by atoms with Gasteiger partial charge in [0.15, 0.2) is 0 Å². The maximum absolute atomic E-state index is 13.1. The summed E-state index contributed by atoms with van der Waals surface area (Å²) in [6.45, 7) is 0. The largest absolute Gasteiger partial charge is 0.507 e. The van der Waals surface area contributed by atoms with Crippen molar-refractivity contribution < 1.29 is 27.9 Å². The number of rotatable bonds is 5. The van der Waals surface area contributed by atoms with E-state index in [1.165, 1.54) is 42.3 Å². The number of nitrogens with two attached hydrogens (primary N) is 1. The summed E-state index contributed by atoms with van der Waals surface area (Å²) in [5.74, 6) is -1.60. The Morgan fingerprint density at radius 3 is 2.24 bits per heavy atom. The molecular formula is C24H19ClN2O6S. The van der Waals surface area contributed by atoms with Crippen LogP contribution in [0.15, 0.2) is 83.3 Å². The van der Waals surface area contributed by atoms with Gasteiger partial charge in [-0.25, -0.2) is 13.6 Å². The van der Waals surface area contributed by atoms with E-state index in [-0.39, 0.29) is 27.5 Å². The van der Waals surface area contributed by atoms with Crippen LogP contribution in [-0.2, 0) is 19.6 Å². The Kier molecular flexibility index (Phi) is 6.18. The van der Waals surface area contributed by atoms with Crippen LogP contribution in [0.2, 0.25) is 5.02 Å². The molecule has 1 saturated heterocycles. The highest BCUT2D eigenvalue weighted by Gasteiger charge is 2.47. The molecule has 3 N–H and O–H groups in total. The summed E-state index contributed by atoms with van der Waals surface area (Å²) in [6, 6.07) is 17.2. The van der Waals surface area contributed by atoms with Gasteiger partial charge in [0.2, 0.25) is 10.0 Å². The Hall–Kier alpha value is -3.66. The molecule has 0 bridgehead atoms. The molecule has 3 aromatic rings. The number of aliphatic hydroxyl groups excluding tert-OH is 1. The van der Waals surface area contributed by atoms with Crippen molar-refractivity contribution in [2.45, 2.75) is 10.9 Å². The molecule has 1 heterocycles. The number of hydrogen-bond acceptors (Lipinski definition) is 6. The third-order valence-corrected chi connectivity index (χ3v) is 6.58. The van der Waals surface area contributed by atoms with Gasteiger partial charge in [-0.3, -0.25) is 14.5 Å². The van der Waals surface area contributed by atoms with Gasteiger partial charge in [0, 0.05) is 16.3 Å². The second kappa shape index (κ2) is 8.94. The van der Waals surface area contributed by atoms with Gasteiger partial charge in [0.05, 0.1) is 23.6 Å². The molecule has 1 amide bonds. The highest BCUT2D eigenvalue weighted by molar-refractivity contribution is 7.89. The molecule has 0 spiro atoms. The minimum Gasteiger partial charge on any atom is -0.507 e. The number of ether oxygens (including phenoxy) is 1. The lowest BCUT2D eigenvalue weighted by Crippen LogP contribution is -2.29. The van der Waals surface area contributed by atoms with Gasteiger partial charge in [-0.1, -0.05) is 35.9 Å². The molecule has 8 nitrogen and oxygen atoms in total. The Morgan fingerprint density at radius 1 is 1.03 bits per heavy atom. The first kappa shape index (κ1) is 23.5. The summed E-state index contributed by atoms with van der Waals surface area (Å²) in [6.07, 6.45) is 0. The Bertz CT molecular complexity index is 1420. The molecule has 0 aliphatic carbocycles. The highest BCUT2D eigenvalue weighted by atomic mass is 35.5. The lowest BCUT2D eigenvalue weighted by molar-refractivity contribution is -0.132. The number of carbonyl (C=O) groups is 2. The molecule has 0 radical (unpaired) electrons. The zero-order valence-corrected chi connectivity index (χ0v) is 19.4. The van der Waals surface area contributed by atoms with Crippen LogP contribution in [0, 0.1) is 0 Å². The molecule has 10 heteroatoms. The van der Waals surface area contributed by atoms with Crippen LogP contribution in [0.5, 0.6) is 5.75 Å². The Morgan fingerprint density at radius 2 is 1.68 bits per heavy atom. The number of ketones is 1. The van der Waals surface area contributed by atoms with Crippen LogP contribution in [-0.4, -0.2) is 32.3 Å². The lowest BCUT2D eigenvalue weighted by atomic mass is 9.95. The number of halogens is 1. The van der Waals surface area contributed by atoms with Crippen LogP contribution in [0.3, 0.4) is 0 Å². The van der Waals surface area contributed by atoms with E-state index in [1.807, 2.05) is 0 Å². The van der Waals surface area contributed by atoms with Crippen LogP contribution in [0.1, 0.15) is 17.2 Å². The molecule has 174 valence electrons. The predicted octanol–water partition coefficient (Wildman–Crippen LogP) is 3.62. The van der Waals surface area contributed by atoms with Crippen molar-refractivity contribution >= 4 is 44.8 Å². The summed E-state index contributed by atoms with van der Waals surface area (Å²) in [4.78, 5) is 27.3. The minimum absolute atomic E-state index is 0.132. The number of anilines is 1.